The van der Waals surface area contributed by atoms with Crippen LogP contribution >= 0.6 is 0 Å². The molecule has 1 heterocycles. The van der Waals surface area contributed by atoms with Gasteiger partial charge in [0.25, 0.3) is 0 Å². The number of anilines is 2. The Hall–Kier alpha value is -2.41. The number of hydrogen-bond acceptors (Lipinski definition) is 4. The molecule has 124 valence electrons. The smallest absolute Gasteiger partial charge is 0.244 e. The van der Waals surface area contributed by atoms with Gasteiger partial charge in [-0.05, 0) is 25.6 Å². The van der Waals surface area contributed by atoms with E-state index in [1.54, 1.807) is 23.1 Å². The summed E-state index contributed by atoms with van der Waals surface area (Å²) in [6.45, 7) is 5.13. The van der Waals surface area contributed by atoms with Gasteiger partial charge in [-0.3, -0.25) is 24.2 Å². The first-order chi connectivity index (χ1) is 11.0. The number of amides is 3. The van der Waals surface area contributed by atoms with Crippen LogP contribution in [0.1, 0.15) is 13.8 Å². The van der Waals surface area contributed by atoms with Gasteiger partial charge in [0.1, 0.15) is 6.54 Å². The van der Waals surface area contributed by atoms with Crippen molar-refractivity contribution in [2.24, 2.45) is 0 Å². The third kappa shape index (κ3) is 4.29. The third-order valence-corrected chi connectivity index (χ3v) is 3.62. The van der Waals surface area contributed by atoms with Gasteiger partial charge in [0.2, 0.25) is 17.7 Å². The second-order valence-corrected chi connectivity index (χ2v) is 5.30. The fourth-order valence-electron chi connectivity index (χ4n) is 2.47. The monoisotopic (exact) mass is 318 g/mol. The van der Waals surface area contributed by atoms with Gasteiger partial charge in [0, 0.05) is 6.54 Å². The van der Waals surface area contributed by atoms with Crippen LogP contribution < -0.4 is 15.5 Å². The van der Waals surface area contributed by atoms with Crippen molar-refractivity contribution in [3.63, 3.8) is 0 Å². The van der Waals surface area contributed by atoms with Crippen LogP contribution in [-0.4, -0.2) is 55.3 Å². The zero-order valence-electron chi connectivity index (χ0n) is 13.5. The van der Waals surface area contributed by atoms with Crippen molar-refractivity contribution in [2.75, 3.05) is 42.9 Å². The number of nitrogens with zero attached hydrogens (tertiary/aromatic N) is 2. The van der Waals surface area contributed by atoms with E-state index in [2.05, 4.69) is 10.6 Å². The lowest BCUT2D eigenvalue weighted by atomic mass is 10.2. The van der Waals surface area contributed by atoms with Gasteiger partial charge < -0.3 is 10.6 Å². The summed E-state index contributed by atoms with van der Waals surface area (Å²) in [5.74, 6) is -0.527. The summed E-state index contributed by atoms with van der Waals surface area (Å²) in [5, 5.41) is 5.47. The highest BCUT2D eigenvalue weighted by Crippen LogP contribution is 2.28. The lowest BCUT2D eigenvalue weighted by Crippen LogP contribution is -2.48. The highest BCUT2D eigenvalue weighted by Gasteiger charge is 2.27. The summed E-state index contributed by atoms with van der Waals surface area (Å²) >= 11 is 0. The number of likely N-dealkylation sites (N-methyl/N-ethyl adjacent to an activating group) is 2. The zero-order chi connectivity index (χ0) is 16.8. The van der Waals surface area contributed by atoms with Crippen molar-refractivity contribution >= 4 is 29.1 Å². The standard InChI is InChI=1S/C16H22N4O3/c1-3-17-14(21)9-19(4-2)11-16(23)20-10-15(22)18-12-7-5-6-8-13(12)20/h5-8H,3-4,9-11H2,1-2H3,(H,17,21)(H,18,22). The fraction of sp³-hybridized carbons (Fsp3) is 0.438. The molecule has 2 rings (SSSR count). The Balaban J connectivity index is 2.07. The molecule has 0 aromatic heterocycles. The molecule has 1 aromatic rings. The van der Waals surface area contributed by atoms with Crippen LogP contribution in [-0.2, 0) is 14.4 Å². The molecule has 2 N–H and O–H groups in total. The molecule has 0 bridgehead atoms. The summed E-state index contributed by atoms with van der Waals surface area (Å²) in [4.78, 5) is 39.3. The molecule has 3 amide bonds. The Kier molecular flexibility index (Phi) is 5.70. The highest BCUT2D eigenvalue weighted by molar-refractivity contribution is 6.10. The van der Waals surface area contributed by atoms with Gasteiger partial charge in [0.15, 0.2) is 0 Å². The summed E-state index contributed by atoms with van der Waals surface area (Å²) in [5.41, 5.74) is 1.31. The lowest BCUT2D eigenvalue weighted by Gasteiger charge is -2.31. The van der Waals surface area contributed by atoms with Crippen molar-refractivity contribution in [1.82, 2.24) is 10.2 Å². The number of carbonyl (C=O) groups excluding carboxylic acids is 3. The summed E-state index contributed by atoms with van der Waals surface area (Å²) in [6.07, 6.45) is 0. The van der Waals surface area contributed by atoms with Gasteiger partial charge in [-0.25, -0.2) is 0 Å². The minimum absolute atomic E-state index is 0.00540. The van der Waals surface area contributed by atoms with Crippen molar-refractivity contribution in [3.05, 3.63) is 24.3 Å². The predicted octanol–water partition coefficient (Wildman–Crippen LogP) is 0.430. The fourth-order valence-corrected chi connectivity index (χ4v) is 2.47. The van der Waals surface area contributed by atoms with E-state index in [1.807, 2.05) is 19.9 Å². The predicted molar refractivity (Wildman–Crippen MR) is 88.2 cm³/mol. The Morgan fingerprint density at radius 3 is 2.70 bits per heavy atom. The molecule has 1 aromatic carbocycles. The maximum absolute atomic E-state index is 12.6. The summed E-state index contributed by atoms with van der Waals surface area (Å²) in [6, 6.07) is 7.19. The minimum atomic E-state index is -0.219. The second kappa shape index (κ2) is 7.73. The van der Waals surface area contributed by atoms with Crippen LogP contribution in [0, 0.1) is 0 Å². The molecular weight excluding hydrogens is 296 g/mol. The number of para-hydroxylation sites is 2. The Morgan fingerprint density at radius 1 is 1.26 bits per heavy atom. The number of nitrogens with one attached hydrogen (secondary N) is 2. The maximum atomic E-state index is 12.6. The number of hydrogen-bond donors (Lipinski definition) is 2. The van der Waals surface area contributed by atoms with E-state index in [-0.39, 0.29) is 37.4 Å². The van der Waals surface area contributed by atoms with E-state index in [9.17, 15) is 14.4 Å². The van der Waals surface area contributed by atoms with Crippen LogP contribution in [0.4, 0.5) is 11.4 Å². The van der Waals surface area contributed by atoms with Gasteiger partial charge in [0.05, 0.1) is 24.5 Å². The molecule has 0 fully saturated rings. The quantitative estimate of drug-likeness (QED) is 0.797. The first-order valence-electron chi connectivity index (χ1n) is 7.73. The molecule has 7 nitrogen and oxygen atoms in total. The van der Waals surface area contributed by atoms with E-state index < -0.39 is 0 Å². The normalized spacial score (nSPS) is 13.5. The maximum Gasteiger partial charge on any atom is 0.244 e. The molecule has 1 aliphatic heterocycles. The average molecular weight is 318 g/mol. The molecule has 0 radical (unpaired) electrons. The number of fused-ring (bicyclic) bond motifs is 1. The molecular formula is C16H22N4O3. The van der Waals surface area contributed by atoms with Crippen molar-refractivity contribution in [1.29, 1.82) is 0 Å². The average Bonchev–Trinajstić information content (AvgIpc) is 2.53. The lowest BCUT2D eigenvalue weighted by molar-refractivity contribution is -0.125. The number of benzene rings is 1. The number of carbonyl (C=O) groups is 3. The SMILES string of the molecule is CCNC(=O)CN(CC)CC(=O)N1CC(=O)Nc2ccccc21. The Morgan fingerprint density at radius 2 is 2.00 bits per heavy atom. The minimum Gasteiger partial charge on any atom is -0.355 e. The Labute approximate surface area is 135 Å². The third-order valence-electron chi connectivity index (χ3n) is 3.62. The first-order valence-corrected chi connectivity index (χ1v) is 7.73. The van der Waals surface area contributed by atoms with Crippen molar-refractivity contribution in [3.8, 4) is 0 Å². The van der Waals surface area contributed by atoms with E-state index in [1.165, 1.54) is 4.90 Å². The van der Waals surface area contributed by atoms with Gasteiger partial charge in [-0.15, -0.1) is 0 Å². The van der Waals surface area contributed by atoms with E-state index in [4.69, 9.17) is 0 Å². The molecule has 0 unspecified atom stereocenters. The number of rotatable bonds is 6. The van der Waals surface area contributed by atoms with Crippen LogP contribution in [0.3, 0.4) is 0 Å². The molecule has 0 saturated carbocycles. The van der Waals surface area contributed by atoms with Crippen LogP contribution in [0.5, 0.6) is 0 Å². The van der Waals surface area contributed by atoms with Gasteiger partial charge in [-0.2, -0.15) is 0 Å². The van der Waals surface area contributed by atoms with Gasteiger partial charge >= 0.3 is 0 Å². The molecule has 7 heteroatoms. The topological polar surface area (TPSA) is 81.8 Å². The van der Waals surface area contributed by atoms with Crippen molar-refractivity contribution in [2.45, 2.75) is 13.8 Å². The van der Waals surface area contributed by atoms with E-state index >= 15 is 0 Å². The summed E-state index contributed by atoms with van der Waals surface area (Å²) in [7, 11) is 0. The van der Waals surface area contributed by atoms with Gasteiger partial charge in [-0.1, -0.05) is 19.1 Å². The van der Waals surface area contributed by atoms with Crippen LogP contribution in [0.15, 0.2) is 24.3 Å². The second-order valence-electron chi connectivity index (χ2n) is 5.30. The van der Waals surface area contributed by atoms with Crippen LogP contribution in [0.25, 0.3) is 0 Å². The molecule has 23 heavy (non-hydrogen) atoms. The molecule has 0 saturated heterocycles. The van der Waals surface area contributed by atoms with Crippen molar-refractivity contribution < 1.29 is 14.4 Å². The first kappa shape index (κ1) is 17.0. The molecule has 0 aliphatic carbocycles. The molecule has 0 spiro atoms. The van der Waals surface area contributed by atoms with E-state index in [0.29, 0.717) is 24.5 Å². The largest absolute Gasteiger partial charge is 0.355 e. The molecule has 1 aliphatic rings. The molecule has 0 atom stereocenters. The highest BCUT2D eigenvalue weighted by atomic mass is 16.2. The van der Waals surface area contributed by atoms with Crippen LogP contribution in [0.2, 0.25) is 0 Å². The summed E-state index contributed by atoms with van der Waals surface area (Å²) < 4.78 is 0. The zero-order valence-corrected chi connectivity index (χ0v) is 13.5. The Bertz CT molecular complexity index is 603. The van der Waals surface area contributed by atoms with E-state index in [0.717, 1.165) is 0 Å².